The minimum absolute atomic E-state index is 0.661. The highest BCUT2D eigenvalue weighted by Crippen LogP contribution is 2.20. The number of aromatic nitrogens is 1. The molecule has 18 heavy (non-hydrogen) atoms. The first-order valence-corrected chi connectivity index (χ1v) is 6.46. The molecule has 0 atom stereocenters. The van der Waals surface area contributed by atoms with Gasteiger partial charge in [0.25, 0.3) is 0 Å². The summed E-state index contributed by atoms with van der Waals surface area (Å²) < 4.78 is 0. The van der Waals surface area contributed by atoms with Gasteiger partial charge in [0.2, 0.25) is 0 Å². The summed E-state index contributed by atoms with van der Waals surface area (Å²) >= 11 is 12.0. The molecule has 1 aromatic carbocycles. The molecule has 0 spiro atoms. The molecule has 94 valence electrons. The van der Waals surface area contributed by atoms with E-state index < -0.39 is 0 Å². The monoisotopic (exact) mass is 280 g/mol. The Balaban J connectivity index is 1.95. The molecule has 2 aromatic rings. The van der Waals surface area contributed by atoms with Gasteiger partial charge in [-0.25, -0.2) is 0 Å². The number of nitrogens with one attached hydrogen (secondary N) is 1. The molecule has 0 bridgehead atoms. The zero-order valence-corrected chi connectivity index (χ0v) is 11.6. The predicted octanol–water partition coefficient (Wildman–Crippen LogP) is 3.99. The lowest BCUT2D eigenvalue weighted by Crippen LogP contribution is -2.13. The van der Waals surface area contributed by atoms with Crippen molar-refractivity contribution < 1.29 is 0 Å². The van der Waals surface area contributed by atoms with Gasteiger partial charge >= 0.3 is 0 Å². The summed E-state index contributed by atoms with van der Waals surface area (Å²) in [6.45, 7) is 3.57. The molecule has 0 aliphatic carbocycles. The number of rotatable bonds is 4. The van der Waals surface area contributed by atoms with Crippen molar-refractivity contribution in [2.45, 2.75) is 20.0 Å². The van der Waals surface area contributed by atoms with Crippen LogP contribution in [0.15, 0.2) is 36.7 Å². The van der Waals surface area contributed by atoms with Gasteiger partial charge in [-0.05, 0) is 41.8 Å². The molecule has 2 rings (SSSR count). The van der Waals surface area contributed by atoms with E-state index in [0.717, 1.165) is 18.7 Å². The zero-order chi connectivity index (χ0) is 13.0. The Morgan fingerprint density at radius 1 is 1.11 bits per heavy atom. The van der Waals surface area contributed by atoms with E-state index in [9.17, 15) is 0 Å². The molecule has 1 N–H and O–H groups in total. The van der Waals surface area contributed by atoms with Crippen LogP contribution in [0.2, 0.25) is 10.0 Å². The number of nitrogens with zero attached hydrogens (tertiary/aromatic N) is 1. The van der Waals surface area contributed by atoms with Crippen molar-refractivity contribution in [1.82, 2.24) is 10.3 Å². The summed E-state index contributed by atoms with van der Waals surface area (Å²) in [7, 11) is 0. The Morgan fingerprint density at radius 3 is 2.61 bits per heavy atom. The highest BCUT2D eigenvalue weighted by atomic mass is 35.5. The summed E-state index contributed by atoms with van der Waals surface area (Å²) in [6, 6.07) is 7.57. The molecule has 0 radical (unpaired) electrons. The Morgan fingerprint density at radius 2 is 1.89 bits per heavy atom. The molecule has 0 aliphatic heterocycles. The highest BCUT2D eigenvalue weighted by molar-refractivity contribution is 6.35. The lowest BCUT2D eigenvalue weighted by Gasteiger charge is -2.08. The third kappa shape index (κ3) is 3.45. The number of pyridine rings is 1. The molecular weight excluding hydrogens is 267 g/mol. The van der Waals surface area contributed by atoms with Crippen LogP contribution in [0.5, 0.6) is 0 Å². The first-order valence-electron chi connectivity index (χ1n) is 5.71. The number of hydrogen-bond acceptors (Lipinski definition) is 2. The van der Waals surface area contributed by atoms with Gasteiger partial charge in [0.05, 0.1) is 0 Å². The lowest BCUT2D eigenvalue weighted by atomic mass is 10.1. The summed E-state index contributed by atoms with van der Waals surface area (Å²) in [6.07, 6.45) is 3.67. The second kappa shape index (κ2) is 6.19. The molecule has 0 saturated heterocycles. The molecule has 0 unspecified atom stereocenters. The molecule has 1 aromatic heterocycles. The Labute approximate surface area is 117 Å². The second-order valence-electron chi connectivity index (χ2n) is 4.14. The maximum Gasteiger partial charge on any atom is 0.0465 e. The fourth-order valence-electron chi connectivity index (χ4n) is 1.70. The first kappa shape index (κ1) is 13.3. The fourth-order valence-corrected chi connectivity index (χ4v) is 2.17. The van der Waals surface area contributed by atoms with Crippen LogP contribution in [-0.2, 0) is 13.1 Å². The third-order valence-electron chi connectivity index (χ3n) is 2.78. The maximum absolute atomic E-state index is 6.11. The van der Waals surface area contributed by atoms with Gasteiger partial charge < -0.3 is 5.32 Å². The van der Waals surface area contributed by atoms with Gasteiger partial charge in [-0.15, -0.1) is 0 Å². The maximum atomic E-state index is 6.11. The first-order chi connectivity index (χ1) is 8.66. The van der Waals surface area contributed by atoms with E-state index in [2.05, 4.69) is 17.2 Å². The van der Waals surface area contributed by atoms with Crippen molar-refractivity contribution in [2.24, 2.45) is 0 Å². The minimum atomic E-state index is 0.661. The quantitative estimate of drug-likeness (QED) is 0.916. The minimum Gasteiger partial charge on any atom is -0.309 e. The van der Waals surface area contributed by atoms with Crippen molar-refractivity contribution in [2.75, 3.05) is 0 Å². The number of benzene rings is 1. The van der Waals surface area contributed by atoms with Crippen molar-refractivity contribution in [3.8, 4) is 0 Å². The van der Waals surface area contributed by atoms with Gasteiger partial charge in [0.1, 0.15) is 0 Å². The average molecular weight is 281 g/mol. The normalized spacial score (nSPS) is 10.6. The molecular formula is C14H14Cl2N2. The molecule has 0 aliphatic rings. The Hall–Kier alpha value is -1.09. The predicted molar refractivity (Wildman–Crippen MR) is 76.0 cm³/mol. The van der Waals surface area contributed by atoms with Gasteiger partial charge in [-0.2, -0.15) is 0 Å². The molecule has 4 heteroatoms. The SMILES string of the molecule is Cc1cnccc1CNCc1ccc(Cl)cc1Cl. The zero-order valence-electron chi connectivity index (χ0n) is 10.1. The van der Waals surface area contributed by atoms with Crippen LogP contribution in [0.1, 0.15) is 16.7 Å². The van der Waals surface area contributed by atoms with E-state index in [-0.39, 0.29) is 0 Å². The number of halogens is 2. The van der Waals surface area contributed by atoms with Gasteiger partial charge in [-0.3, -0.25) is 4.98 Å². The van der Waals surface area contributed by atoms with E-state index in [0.29, 0.717) is 10.0 Å². The smallest absolute Gasteiger partial charge is 0.0465 e. The number of hydrogen-bond donors (Lipinski definition) is 1. The van der Waals surface area contributed by atoms with Crippen LogP contribution < -0.4 is 5.32 Å². The van der Waals surface area contributed by atoms with Gasteiger partial charge in [-0.1, -0.05) is 29.3 Å². The Bertz CT molecular complexity index is 541. The fraction of sp³-hybridized carbons (Fsp3) is 0.214. The van der Waals surface area contributed by atoms with Gasteiger partial charge in [0, 0.05) is 35.5 Å². The van der Waals surface area contributed by atoms with E-state index >= 15 is 0 Å². The van der Waals surface area contributed by atoms with Crippen molar-refractivity contribution in [3.63, 3.8) is 0 Å². The van der Waals surface area contributed by atoms with Crippen molar-refractivity contribution in [3.05, 3.63) is 63.4 Å². The average Bonchev–Trinajstić information content (AvgIpc) is 2.34. The third-order valence-corrected chi connectivity index (χ3v) is 3.37. The molecule has 0 amide bonds. The van der Waals surface area contributed by atoms with Crippen molar-refractivity contribution >= 4 is 23.2 Å². The number of aryl methyl sites for hydroxylation is 1. The topological polar surface area (TPSA) is 24.9 Å². The van der Waals surface area contributed by atoms with Gasteiger partial charge in [0.15, 0.2) is 0 Å². The summed E-state index contributed by atoms with van der Waals surface area (Å²) in [4.78, 5) is 4.07. The van der Waals surface area contributed by atoms with E-state index in [1.165, 1.54) is 11.1 Å². The van der Waals surface area contributed by atoms with E-state index in [1.54, 1.807) is 12.3 Å². The van der Waals surface area contributed by atoms with E-state index in [1.807, 2.05) is 24.4 Å². The second-order valence-corrected chi connectivity index (χ2v) is 4.99. The highest BCUT2D eigenvalue weighted by Gasteiger charge is 2.02. The largest absolute Gasteiger partial charge is 0.309 e. The van der Waals surface area contributed by atoms with Crippen molar-refractivity contribution in [1.29, 1.82) is 0 Å². The summed E-state index contributed by atoms with van der Waals surface area (Å²) in [5.41, 5.74) is 3.48. The summed E-state index contributed by atoms with van der Waals surface area (Å²) in [5, 5.41) is 4.72. The standard InChI is InChI=1S/C14H14Cl2N2/c1-10-7-17-5-4-11(10)8-18-9-12-2-3-13(15)6-14(12)16/h2-7,18H,8-9H2,1H3. The molecule has 0 saturated carbocycles. The molecule has 2 nitrogen and oxygen atoms in total. The van der Waals surface area contributed by atoms with E-state index in [4.69, 9.17) is 23.2 Å². The summed E-state index contributed by atoms with van der Waals surface area (Å²) in [5.74, 6) is 0. The van der Waals surface area contributed by atoms with Crippen LogP contribution in [-0.4, -0.2) is 4.98 Å². The molecule has 1 heterocycles. The van der Waals surface area contributed by atoms with Crippen LogP contribution in [0.4, 0.5) is 0 Å². The van der Waals surface area contributed by atoms with Crippen LogP contribution in [0, 0.1) is 6.92 Å². The van der Waals surface area contributed by atoms with Crippen LogP contribution in [0.3, 0.4) is 0 Å². The van der Waals surface area contributed by atoms with Crippen LogP contribution >= 0.6 is 23.2 Å². The Kier molecular flexibility index (Phi) is 4.59. The molecule has 0 fully saturated rings. The van der Waals surface area contributed by atoms with Crippen LogP contribution in [0.25, 0.3) is 0 Å². The lowest BCUT2D eigenvalue weighted by molar-refractivity contribution is 0.690.